The van der Waals surface area contributed by atoms with Gasteiger partial charge in [-0.3, -0.25) is 52.9 Å². The molecule has 3 rings (SSSR count). The molecule has 9 unspecified atom stereocenters. The Morgan fingerprint density at radius 3 is 1.73 bits per heavy atom. The van der Waals surface area contributed by atoms with Crippen molar-refractivity contribution in [2.75, 3.05) is 19.6 Å². The molecule has 2 heterocycles. The number of unbranched alkanes of at least 4 members (excludes halogenated alkanes) is 1. The normalized spacial score (nSPS) is 16.2. The molecule has 0 spiro atoms. The second-order valence-corrected chi connectivity index (χ2v) is 19.2. The van der Waals surface area contributed by atoms with E-state index in [1.165, 1.54) is 18.7 Å². The third-order valence-corrected chi connectivity index (χ3v) is 12.7. The van der Waals surface area contributed by atoms with Gasteiger partial charge in [0.1, 0.15) is 48.3 Å². The van der Waals surface area contributed by atoms with Crippen LogP contribution in [0.3, 0.4) is 0 Å². The highest BCUT2D eigenvalue weighted by Gasteiger charge is 2.40. The van der Waals surface area contributed by atoms with E-state index in [1.807, 2.05) is 0 Å². The van der Waals surface area contributed by atoms with Crippen LogP contribution in [0, 0.1) is 5.92 Å². The number of carbonyl (C=O) groups is 11. The minimum Gasteiger partial charge on any atom is -0.481 e. The highest BCUT2D eigenvalue weighted by molar-refractivity contribution is 5.98. The summed E-state index contributed by atoms with van der Waals surface area (Å²) in [5.74, 6) is -11.6. The van der Waals surface area contributed by atoms with Crippen molar-refractivity contribution >= 4 is 82.0 Å². The first-order chi connectivity index (χ1) is 36.3. The van der Waals surface area contributed by atoms with Crippen molar-refractivity contribution in [2.45, 2.75) is 159 Å². The van der Waals surface area contributed by atoms with Crippen LogP contribution < -0.4 is 60.2 Å². The topological polar surface area (TPSA) is 468 Å². The van der Waals surface area contributed by atoms with Gasteiger partial charge in [0.25, 0.3) is 0 Å². The molecular formula is C49H76N14O14. The van der Waals surface area contributed by atoms with Crippen molar-refractivity contribution in [1.29, 1.82) is 0 Å². The number of amides is 8. The molecular weight excluding hydrogens is 1010 g/mol. The number of likely N-dealkylation sites (tertiary alicyclic amines) is 1. The molecule has 1 aromatic carbocycles. The highest BCUT2D eigenvalue weighted by Crippen LogP contribution is 2.22. The van der Waals surface area contributed by atoms with Gasteiger partial charge in [0, 0.05) is 49.5 Å². The number of carboxylic acids is 3. The number of nitrogens with zero attached hydrogens (tertiary/aromatic N) is 2. The molecule has 1 fully saturated rings. The third kappa shape index (κ3) is 20.6. The number of carboxylic acid groups (broad SMARTS) is 3. The van der Waals surface area contributed by atoms with Gasteiger partial charge >= 0.3 is 17.9 Å². The molecule has 28 heteroatoms. The highest BCUT2D eigenvalue weighted by atomic mass is 16.4. The van der Waals surface area contributed by atoms with Gasteiger partial charge in [-0.15, -0.1) is 0 Å². The van der Waals surface area contributed by atoms with Gasteiger partial charge in [-0.25, -0.2) is 4.79 Å². The maximum absolute atomic E-state index is 14.2. The van der Waals surface area contributed by atoms with Crippen LogP contribution in [0.2, 0.25) is 0 Å². The fraction of sp³-hybridized carbons (Fsp3) is 0.592. The number of rotatable bonds is 33. The van der Waals surface area contributed by atoms with E-state index >= 15 is 0 Å². The summed E-state index contributed by atoms with van der Waals surface area (Å²) in [6.45, 7) is 6.38. The van der Waals surface area contributed by atoms with E-state index in [1.54, 1.807) is 44.3 Å². The van der Waals surface area contributed by atoms with E-state index in [-0.39, 0.29) is 51.2 Å². The van der Waals surface area contributed by atoms with E-state index in [0.717, 1.165) is 10.9 Å². The SMILES string of the molecule is CC(NC(=O)C(CCC(=O)O)NC(=O)C(C)NC(=O)C(CCC(=O)O)NC(=O)C(CCCN=C(N)N)NC(=O)C(N)CCCCN)C(=O)NC(Cc1c[nH]c2ccccc12)C(=O)NC(C(=O)N1CCCC1C(=O)O)C(C)C. The number of aromatic nitrogens is 1. The van der Waals surface area contributed by atoms with Crippen LogP contribution in [0.1, 0.15) is 104 Å². The number of aliphatic imine (C=N–C) groups is 1. The molecule has 8 amide bonds. The van der Waals surface area contributed by atoms with Crippen molar-refractivity contribution in [1.82, 2.24) is 47.1 Å². The summed E-state index contributed by atoms with van der Waals surface area (Å²) in [4.78, 5) is 153. The number of guanidine groups is 1. The number of nitrogens with one attached hydrogen (secondary N) is 8. The van der Waals surface area contributed by atoms with Crippen molar-refractivity contribution in [2.24, 2.45) is 33.8 Å². The van der Waals surface area contributed by atoms with Gasteiger partial charge in [-0.2, -0.15) is 0 Å². The lowest BCUT2D eigenvalue weighted by Gasteiger charge is -2.31. The fourth-order valence-corrected chi connectivity index (χ4v) is 8.35. The number of nitrogens with two attached hydrogens (primary N) is 4. The minimum absolute atomic E-state index is 0.0469. The second kappa shape index (κ2) is 31.2. The second-order valence-electron chi connectivity index (χ2n) is 19.2. The van der Waals surface area contributed by atoms with E-state index in [0.29, 0.717) is 31.4 Å². The molecule has 0 radical (unpaired) electrons. The molecule has 0 saturated carbocycles. The lowest BCUT2D eigenvalue weighted by Crippen LogP contribution is -2.60. The van der Waals surface area contributed by atoms with Crippen molar-refractivity contribution in [3.8, 4) is 0 Å². The number of hydrogen-bond donors (Lipinski definition) is 15. The summed E-state index contributed by atoms with van der Waals surface area (Å²) in [5, 5.41) is 46.9. The lowest BCUT2D eigenvalue weighted by atomic mass is 9.99. The molecule has 19 N–H and O–H groups in total. The predicted octanol–water partition coefficient (Wildman–Crippen LogP) is -2.89. The van der Waals surface area contributed by atoms with Crippen molar-refractivity contribution in [3.05, 3.63) is 36.0 Å². The molecule has 2 aromatic rings. The van der Waals surface area contributed by atoms with Gasteiger partial charge in [-0.05, 0) is 89.3 Å². The van der Waals surface area contributed by atoms with Crippen LogP contribution in [0.15, 0.2) is 35.5 Å². The summed E-state index contributed by atoms with van der Waals surface area (Å²) in [5.41, 5.74) is 23.7. The fourth-order valence-electron chi connectivity index (χ4n) is 8.35. The summed E-state index contributed by atoms with van der Waals surface area (Å²) in [6.07, 6.45) is 1.43. The zero-order valence-corrected chi connectivity index (χ0v) is 43.8. The number of carbonyl (C=O) groups excluding carboxylic acids is 8. The first-order valence-corrected chi connectivity index (χ1v) is 25.5. The number of aliphatic carboxylic acids is 3. The summed E-state index contributed by atoms with van der Waals surface area (Å²) in [7, 11) is 0. The Labute approximate surface area is 444 Å². The Morgan fingerprint density at radius 2 is 1.18 bits per heavy atom. The monoisotopic (exact) mass is 1080 g/mol. The van der Waals surface area contributed by atoms with E-state index in [4.69, 9.17) is 22.9 Å². The third-order valence-electron chi connectivity index (χ3n) is 12.7. The minimum atomic E-state index is -1.64. The first kappa shape index (κ1) is 63.4. The standard InChI is InChI=1S/C49H76N14O14/c1-25(2)39(47(75)63-22-10-15-36(63)48(76)77)62-46(74)35(23-28-24-55-31-13-6-5-11-29(28)31)61-41(69)27(4)57-43(71)33(16-18-37(64)65)58-40(68)26(3)56-44(72)34(17-19-38(66)67)60-45(73)32(14-9-21-54-49(52)53)59-42(70)30(51)12-7-8-20-50/h5-6,11,13,24-27,30,32-36,39,55H,7-10,12,14-23,50-51H2,1-4H3,(H,56,72)(H,57,71)(H,58,68)(H,59,70)(H,60,73)(H,61,69)(H,62,74)(H,64,65)(H,66,67)(H,76,77)(H4,52,53,54). The van der Waals surface area contributed by atoms with Gasteiger partial charge in [0.2, 0.25) is 47.3 Å². The molecule has 1 aliphatic heterocycles. The molecule has 77 heavy (non-hydrogen) atoms. The van der Waals surface area contributed by atoms with Crippen LogP contribution >= 0.6 is 0 Å². The quantitative estimate of drug-likeness (QED) is 0.0194. The number of fused-ring (bicyclic) bond motifs is 1. The van der Waals surface area contributed by atoms with E-state index in [9.17, 15) is 68.1 Å². The van der Waals surface area contributed by atoms with E-state index < -0.39 is 151 Å². The summed E-state index contributed by atoms with van der Waals surface area (Å²) < 4.78 is 0. The summed E-state index contributed by atoms with van der Waals surface area (Å²) >= 11 is 0. The summed E-state index contributed by atoms with van der Waals surface area (Å²) in [6, 6.07) is -5.01. The van der Waals surface area contributed by atoms with Crippen molar-refractivity contribution in [3.63, 3.8) is 0 Å². The van der Waals surface area contributed by atoms with Crippen LogP contribution in [-0.2, 0) is 59.2 Å². The average molecular weight is 1090 g/mol. The lowest BCUT2D eigenvalue weighted by molar-refractivity contribution is -0.150. The zero-order chi connectivity index (χ0) is 57.5. The predicted molar refractivity (Wildman–Crippen MR) is 279 cm³/mol. The molecule has 1 aliphatic rings. The Hall–Kier alpha value is -7.88. The van der Waals surface area contributed by atoms with Gasteiger partial charge < -0.3 is 85.4 Å². The Balaban J connectivity index is 1.80. The van der Waals surface area contributed by atoms with Gasteiger partial charge in [-0.1, -0.05) is 38.5 Å². The molecule has 1 saturated heterocycles. The maximum atomic E-state index is 14.2. The Bertz CT molecular complexity index is 2450. The first-order valence-electron chi connectivity index (χ1n) is 25.5. The number of hydrogen-bond acceptors (Lipinski definition) is 14. The van der Waals surface area contributed by atoms with Gasteiger partial charge in [0.15, 0.2) is 5.96 Å². The maximum Gasteiger partial charge on any atom is 0.326 e. The molecule has 0 bridgehead atoms. The van der Waals surface area contributed by atoms with Crippen LogP contribution in [0.5, 0.6) is 0 Å². The Morgan fingerprint density at radius 1 is 0.662 bits per heavy atom. The van der Waals surface area contributed by atoms with Crippen LogP contribution in [-0.4, -0.2) is 170 Å². The van der Waals surface area contributed by atoms with Crippen molar-refractivity contribution < 1.29 is 68.1 Å². The number of H-pyrrole nitrogens is 1. The van der Waals surface area contributed by atoms with Gasteiger partial charge in [0.05, 0.1) is 6.04 Å². The van der Waals surface area contributed by atoms with Crippen LogP contribution in [0.4, 0.5) is 0 Å². The Kier molecular flexibility index (Phi) is 25.7. The average Bonchev–Trinajstić information content (AvgIpc) is 4.04. The molecule has 426 valence electrons. The molecule has 9 atom stereocenters. The zero-order valence-electron chi connectivity index (χ0n) is 43.8. The van der Waals surface area contributed by atoms with E-state index in [2.05, 4.69) is 47.2 Å². The molecule has 1 aromatic heterocycles. The number of aromatic amines is 1. The van der Waals surface area contributed by atoms with Crippen LogP contribution in [0.25, 0.3) is 10.9 Å². The largest absolute Gasteiger partial charge is 0.481 e. The smallest absolute Gasteiger partial charge is 0.326 e. The number of benzene rings is 1. The molecule has 28 nitrogen and oxygen atoms in total. The molecule has 0 aliphatic carbocycles. The number of para-hydroxylation sites is 1.